The maximum Gasteiger partial charge on any atom is 0.253 e. The van der Waals surface area contributed by atoms with Gasteiger partial charge in [0.25, 0.3) is 5.91 Å². The van der Waals surface area contributed by atoms with Crippen LogP contribution in [-0.4, -0.2) is 54.9 Å². The van der Waals surface area contributed by atoms with Crippen molar-refractivity contribution < 1.29 is 4.79 Å². The van der Waals surface area contributed by atoms with Gasteiger partial charge in [-0.25, -0.2) is 4.98 Å². The summed E-state index contributed by atoms with van der Waals surface area (Å²) in [5, 5.41) is 0. The Labute approximate surface area is 115 Å². The quantitative estimate of drug-likeness (QED) is 0.840. The Morgan fingerprint density at radius 3 is 2.53 bits per heavy atom. The second-order valence-corrected chi connectivity index (χ2v) is 5.05. The minimum Gasteiger partial charge on any atom is -0.384 e. The van der Waals surface area contributed by atoms with Crippen molar-refractivity contribution in [3.63, 3.8) is 0 Å². The summed E-state index contributed by atoms with van der Waals surface area (Å²) >= 11 is 0. The van der Waals surface area contributed by atoms with Crippen LogP contribution in [0, 0.1) is 0 Å². The van der Waals surface area contributed by atoms with E-state index >= 15 is 0 Å². The molecule has 0 radical (unpaired) electrons. The van der Waals surface area contributed by atoms with Gasteiger partial charge >= 0.3 is 0 Å². The number of amides is 1. The van der Waals surface area contributed by atoms with Crippen LogP contribution < -0.4 is 5.73 Å². The van der Waals surface area contributed by atoms with Crippen LogP contribution in [0.5, 0.6) is 0 Å². The average Bonchev–Trinajstić information content (AvgIpc) is 2.34. The van der Waals surface area contributed by atoms with E-state index in [0.29, 0.717) is 17.9 Å². The predicted molar refractivity (Wildman–Crippen MR) is 78.2 cm³/mol. The zero-order chi connectivity index (χ0) is 14.4. The van der Waals surface area contributed by atoms with Crippen molar-refractivity contribution in [3.05, 3.63) is 23.4 Å². The van der Waals surface area contributed by atoms with Gasteiger partial charge in [0.2, 0.25) is 0 Å². The van der Waals surface area contributed by atoms with Crippen LogP contribution in [0.2, 0.25) is 0 Å². The normalized spacial score (nSPS) is 10.8. The van der Waals surface area contributed by atoms with E-state index in [0.717, 1.165) is 25.1 Å². The summed E-state index contributed by atoms with van der Waals surface area (Å²) in [4.78, 5) is 20.3. The van der Waals surface area contributed by atoms with E-state index in [1.165, 1.54) is 0 Å². The molecule has 1 amide bonds. The molecule has 0 aliphatic carbocycles. The molecule has 1 heterocycles. The van der Waals surface area contributed by atoms with E-state index in [2.05, 4.69) is 11.9 Å². The number of nitrogens with zero attached hydrogens (tertiary/aromatic N) is 3. The molecule has 2 N–H and O–H groups in total. The maximum atomic E-state index is 12.3. The monoisotopic (exact) mass is 264 g/mol. The van der Waals surface area contributed by atoms with E-state index in [9.17, 15) is 4.79 Å². The molecule has 0 saturated carbocycles. The third kappa shape index (κ3) is 4.87. The lowest BCUT2D eigenvalue weighted by atomic mass is 10.1. The molecule has 0 aliphatic heterocycles. The molecule has 5 nitrogen and oxygen atoms in total. The number of rotatable bonds is 6. The number of anilines is 1. The SMILES string of the molecule is CCCc1cc(C(=O)N(C)CCN(C)C)cc(N)n1. The molecule has 0 fully saturated rings. The molecule has 0 bridgehead atoms. The third-order valence-corrected chi connectivity index (χ3v) is 2.88. The van der Waals surface area contributed by atoms with E-state index in [4.69, 9.17) is 5.73 Å². The van der Waals surface area contributed by atoms with Crippen LogP contribution in [-0.2, 0) is 6.42 Å². The van der Waals surface area contributed by atoms with Gasteiger partial charge in [-0.1, -0.05) is 13.3 Å². The van der Waals surface area contributed by atoms with Crippen molar-refractivity contribution in [1.82, 2.24) is 14.8 Å². The average molecular weight is 264 g/mol. The molecule has 0 unspecified atom stereocenters. The van der Waals surface area contributed by atoms with Crippen molar-refractivity contribution in [3.8, 4) is 0 Å². The first-order valence-corrected chi connectivity index (χ1v) is 6.60. The molecule has 106 valence electrons. The van der Waals surface area contributed by atoms with Gasteiger partial charge in [-0.3, -0.25) is 4.79 Å². The van der Waals surface area contributed by atoms with E-state index in [1.54, 1.807) is 11.0 Å². The van der Waals surface area contributed by atoms with Crippen LogP contribution in [0.25, 0.3) is 0 Å². The highest BCUT2D eigenvalue weighted by atomic mass is 16.2. The highest BCUT2D eigenvalue weighted by Crippen LogP contribution is 2.11. The largest absolute Gasteiger partial charge is 0.384 e. The number of aromatic nitrogens is 1. The topological polar surface area (TPSA) is 62.5 Å². The summed E-state index contributed by atoms with van der Waals surface area (Å²) in [5.74, 6) is 0.406. The Morgan fingerprint density at radius 2 is 1.95 bits per heavy atom. The van der Waals surface area contributed by atoms with Crippen molar-refractivity contribution in [2.45, 2.75) is 19.8 Å². The van der Waals surface area contributed by atoms with E-state index in [-0.39, 0.29) is 5.91 Å². The first-order valence-electron chi connectivity index (χ1n) is 6.60. The lowest BCUT2D eigenvalue weighted by Gasteiger charge is -2.20. The lowest BCUT2D eigenvalue weighted by Crippen LogP contribution is -2.33. The number of hydrogen-bond donors (Lipinski definition) is 1. The molecule has 1 aromatic heterocycles. The minimum absolute atomic E-state index is 0.00620. The van der Waals surface area contributed by atoms with Crippen molar-refractivity contribution in [2.75, 3.05) is 40.0 Å². The van der Waals surface area contributed by atoms with Gasteiger partial charge in [0.05, 0.1) is 0 Å². The van der Waals surface area contributed by atoms with Gasteiger partial charge in [0.15, 0.2) is 0 Å². The first-order chi connectivity index (χ1) is 8.93. The summed E-state index contributed by atoms with van der Waals surface area (Å²) in [6.07, 6.45) is 1.83. The molecule has 1 aromatic rings. The zero-order valence-electron chi connectivity index (χ0n) is 12.3. The predicted octanol–water partition coefficient (Wildman–Crippen LogP) is 1.25. The van der Waals surface area contributed by atoms with Gasteiger partial charge in [-0.2, -0.15) is 0 Å². The van der Waals surface area contributed by atoms with Crippen molar-refractivity contribution >= 4 is 11.7 Å². The van der Waals surface area contributed by atoms with Crippen LogP contribution in [0.4, 0.5) is 5.82 Å². The smallest absolute Gasteiger partial charge is 0.253 e. The Morgan fingerprint density at radius 1 is 1.26 bits per heavy atom. The summed E-state index contributed by atoms with van der Waals surface area (Å²) in [6.45, 7) is 3.61. The maximum absolute atomic E-state index is 12.3. The molecule has 5 heteroatoms. The molecular weight excluding hydrogens is 240 g/mol. The number of hydrogen-bond acceptors (Lipinski definition) is 4. The van der Waals surface area contributed by atoms with E-state index in [1.807, 2.05) is 32.1 Å². The van der Waals surface area contributed by atoms with Crippen molar-refractivity contribution in [1.29, 1.82) is 0 Å². The molecule has 0 saturated heterocycles. The van der Waals surface area contributed by atoms with Gasteiger partial charge in [-0.15, -0.1) is 0 Å². The molecule has 0 spiro atoms. The Kier molecular flexibility index (Phi) is 5.76. The van der Waals surface area contributed by atoms with Gasteiger partial charge in [-0.05, 0) is 32.6 Å². The third-order valence-electron chi connectivity index (χ3n) is 2.88. The van der Waals surface area contributed by atoms with Gasteiger partial charge < -0.3 is 15.5 Å². The Hall–Kier alpha value is -1.62. The molecule has 0 atom stereocenters. The highest BCUT2D eigenvalue weighted by molar-refractivity contribution is 5.94. The number of pyridine rings is 1. The van der Waals surface area contributed by atoms with Gasteiger partial charge in [0, 0.05) is 31.4 Å². The van der Waals surface area contributed by atoms with Crippen LogP contribution in [0.1, 0.15) is 29.4 Å². The summed E-state index contributed by atoms with van der Waals surface area (Å²) < 4.78 is 0. The molecule has 0 aliphatic rings. The van der Waals surface area contributed by atoms with Crippen LogP contribution in [0.15, 0.2) is 12.1 Å². The second kappa shape index (κ2) is 7.09. The first kappa shape index (κ1) is 15.4. The molecule has 0 aromatic carbocycles. The summed E-state index contributed by atoms with van der Waals surface area (Å²) in [7, 11) is 5.78. The van der Waals surface area contributed by atoms with E-state index < -0.39 is 0 Å². The Balaban J connectivity index is 2.80. The summed E-state index contributed by atoms with van der Waals surface area (Å²) in [6, 6.07) is 3.49. The molecule has 19 heavy (non-hydrogen) atoms. The van der Waals surface area contributed by atoms with Gasteiger partial charge in [0.1, 0.15) is 5.82 Å². The molecule has 1 rings (SSSR count). The lowest BCUT2D eigenvalue weighted by molar-refractivity contribution is 0.0786. The number of carbonyl (C=O) groups is 1. The Bertz CT molecular complexity index is 431. The fourth-order valence-electron chi connectivity index (χ4n) is 1.79. The number of nitrogens with two attached hydrogens (primary N) is 1. The van der Waals surface area contributed by atoms with Crippen molar-refractivity contribution in [2.24, 2.45) is 0 Å². The molecular formula is C14H24N4O. The van der Waals surface area contributed by atoms with Crippen LogP contribution >= 0.6 is 0 Å². The number of likely N-dealkylation sites (N-methyl/N-ethyl adjacent to an activating group) is 2. The fraction of sp³-hybridized carbons (Fsp3) is 0.571. The van der Waals surface area contributed by atoms with Crippen LogP contribution in [0.3, 0.4) is 0 Å². The number of aryl methyl sites for hydroxylation is 1. The number of carbonyl (C=O) groups excluding carboxylic acids is 1. The second-order valence-electron chi connectivity index (χ2n) is 5.05. The zero-order valence-corrected chi connectivity index (χ0v) is 12.3. The fourth-order valence-corrected chi connectivity index (χ4v) is 1.79. The summed E-state index contributed by atoms with van der Waals surface area (Å²) in [5.41, 5.74) is 7.26. The minimum atomic E-state index is -0.00620. The highest BCUT2D eigenvalue weighted by Gasteiger charge is 2.13. The standard InChI is InChI=1S/C14H24N4O/c1-5-6-12-9-11(10-13(15)16-12)14(19)18(4)8-7-17(2)3/h9-10H,5-8H2,1-4H3,(H2,15,16). The number of nitrogen functional groups attached to an aromatic ring is 1.